The van der Waals surface area contributed by atoms with Gasteiger partial charge in [0.1, 0.15) is 82.7 Å². The maximum Gasteiger partial charge on any atom is 0.214 e. The van der Waals surface area contributed by atoms with Crippen molar-refractivity contribution in [1.29, 1.82) is 0 Å². The molecule has 0 spiro atoms. The molecule has 7 N–H and O–H groups in total. The molecule has 128 heavy (non-hydrogen) atoms. The minimum absolute atomic E-state index is 0.221. The van der Waals surface area contributed by atoms with E-state index in [1.165, 1.54) is 94.2 Å². The number of unbranched alkanes of at least 4 members (excludes halogenated alkanes) is 3. The first-order valence-electron chi connectivity index (χ1n) is 45.0. The van der Waals surface area contributed by atoms with Crippen molar-refractivity contribution in [2.75, 3.05) is 79.4 Å². The number of anilines is 5. The molecule has 658 valence electrons. The highest BCUT2D eigenvalue weighted by Crippen LogP contribution is 2.40. The van der Waals surface area contributed by atoms with E-state index in [2.05, 4.69) is 232 Å². The smallest absolute Gasteiger partial charge is 0.214 e. The van der Waals surface area contributed by atoms with Gasteiger partial charge in [-0.15, -0.1) is 0 Å². The van der Waals surface area contributed by atoms with E-state index in [9.17, 15) is 0 Å². The molecule has 0 saturated heterocycles. The minimum Gasteiger partial charge on any atom is -0.478 e. The number of pyridine rings is 5. The second kappa shape index (κ2) is 45.2. The standard InChI is InChI=1S/C23H28N4O.C22H26N4O2.C21H25N5O2.2C17H15ClN4/c1-2-3-4-7-15-28-21-14-13-20-22(27-21)23(25-16-24-20)26-19-12-8-10-17-9-5-6-11-18(17)19;1-2-12-27-13-14-28-20-11-10-19-21(26-20)22(24-15-23-19)25-18-9-5-7-16-6-3-4-8-17(16)18;22-10-11-27-12-13-28-19-9-8-18-20(26-19)21(24-14-23-18)25-17-7-3-5-15-4-1-2-6-16(15)17;2*18-15-9-8-14-16(22-15)17(20-10-19-14)21-13-7-3-5-11-4-1-2-6-12(11)13/h5-6,9,11,13-14,16,19H,2-4,7-8,10,12,15H2,1H3,(H,24,25,26);3-4,6,8,10-11,15,18H,2,5,7,9,12-14H2,1H3,(H,23,24,25);1-2,4,6,8-9,14,17H,3,5,7,10-13,22H2,(H,23,24,25);2*1-2,4,6,8-10,13H,3,5,7H2,(H,19,20,21)/t19-;18-;17-;2*13-/m00000/s1. The van der Waals surface area contributed by atoms with Crippen molar-refractivity contribution in [3.63, 3.8) is 0 Å². The summed E-state index contributed by atoms with van der Waals surface area (Å²) in [6.45, 7) is 8.72. The number of aryl methyl sites for hydroxylation is 5. The van der Waals surface area contributed by atoms with Crippen molar-refractivity contribution < 1.29 is 23.7 Å². The van der Waals surface area contributed by atoms with Crippen LogP contribution in [0.2, 0.25) is 10.3 Å². The number of hydrogen-bond donors (Lipinski definition) is 6. The van der Waals surface area contributed by atoms with Gasteiger partial charge in [-0.2, -0.15) is 0 Å². The van der Waals surface area contributed by atoms with Crippen molar-refractivity contribution in [2.24, 2.45) is 5.73 Å². The van der Waals surface area contributed by atoms with Crippen LogP contribution in [0.4, 0.5) is 29.1 Å². The molecule has 5 aliphatic carbocycles. The minimum atomic E-state index is 0.221. The Hall–Kier alpha value is -12.6. The van der Waals surface area contributed by atoms with Crippen molar-refractivity contribution in [3.05, 3.63) is 280 Å². The SMILES string of the molecule is CCCCCCOc1ccc2ncnc(N[C@H]3CCCc4ccccc43)c2n1.CCCOCCOc1ccc2ncnc(N[C@H]3CCCc4ccccc43)c2n1.Clc1ccc2ncnc(N[C@H]3CCCc4ccccc43)c2n1.Clc1ccc2ncnc(N[C@H]3CCCc4ccccc43)c2n1.NCCOCCOc1ccc2ncnc(N[C@H]3CCCc4ccccc43)c2n1. The van der Waals surface area contributed by atoms with Crippen LogP contribution in [-0.2, 0) is 41.6 Å². The fraction of sp³-hybridized carbons (Fsp3) is 0.350. The Bertz CT molecular complexity index is 5680. The molecule has 5 atom stereocenters. The summed E-state index contributed by atoms with van der Waals surface area (Å²) >= 11 is 12.0. The van der Waals surface area contributed by atoms with Crippen LogP contribution in [0.1, 0.15) is 196 Å². The first-order valence-corrected chi connectivity index (χ1v) is 45.8. The summed E-state index contributed by atoms with van der Waals surface area (Å²) in [5.41, 5.74) is 26.9. The number of rotatable bonds is 28. The highest BCUT2D eigenvalue weighted by Gasteiger charge is 2.28. The number of nitrogens with zero attached hydrogens (tertiary/aromatic N) is 15. The Kier molecular flexibility index (Phi) is 31.4. The zero-order valence-electron chi connectivity index (χ0n) is 72.5. The van der Waals surface area contributed by atoms with Crippen molar-refractivity contribution in [1.82, 2.24) is 74.8 Å². The third kappa shape index (κ3) is 23.2. The van der Waals surface area contributed by atoms with E-state index in [0.717, 1.165) is 175 Å². The highest BCUT2D eigenvalue weighted by molar-refractivity contribution is 6.30. The molecular formula is C100H109Cl2N21O5. The Balaban J connectivity index is 0.000000118. The lowest BCUT2D eigenvalue weighted by Crippen LogP contribution is -2.18. The van der Waals surface area contributed by atoms with Gasteiger partial charge >= 0.3 is 0 Å². The Morgan fingerprint density at radius 2 is 0.570 bits per heavy atom. The number of aromatic nitrogens is 15. The summed E-state index contributed by atoms with van der Waals surface area (Å²) < 4.78 is 28.1. The van der Waals surface area contributed by atoms with Gasteiger partial charge in [0.25, 0.3) is 0 Å². The van der Waals surface area contributed by atoms with Crippen molar-refractivity contribution in [3.8, 4) is 17.6 Å². The monoisotopic (exact) mass is 1750 g/mol. The zero-order chi connectivity index (χ0) is 87.4. The van der Waals surface area contributed by atoms with Gasteiger partial charge in [-0.1, -0.05) is 178 Å². The molecule has 0 amide bonds. The summed E-state index contributed by atoms with van der Waals surface area (Å²) in [6.07, 6.45) is 30.6. The van der Waals surface area contributed by atoms with E-state index in [1.807, 2.05) is 48.5 Å². The first kappa shape index (κ1) is 88.8. The van der Waals surface area contributed by atoms with Crippen LogP contribution < -0.4 is 46.5 Å². The molecule has 0 saturated carbocycles. The maximum atomic E-state index is 6.02. The number of nitrogens with two attached hydrogens (primary N) is 1. The Morgan fingerprint density at radius 1 is 0.289 bits per heavy atom. The Morgan fingerprint density at radius 3 is 0.867 bits per heavy atom. The van der Waals surface area contributed by atoms with E-state index in [0.29, 0.717) is 79.6 Å². The van der Waals surface area contributed by atoms with Gasteiger partial charge < -0.3 is 56.0 Å². The van der Waals surface area contributed by atoms with Crippen LogP contribution in [-0.4, -0.2) is 128 Å². The second-order valence-corrected chi connectivity index (χ2v) is 33.0. The number of fused-ring (bicyclic) bond motifs is 10. The largest absolute Gasteiger partial charge is 0.478 e. The topological polar surface area (TPSA) is 326 Å². The molecule has 0 unspecified atom stereocenters. The first-order chi connectivity index (χ1) is 63.2. The summed E-state index contributed by atoms with van der Waals surface area (Å²) in [5.74, 6) is 5.49. The van der Waals surface area contributed by atoms with Gasteiger partial charge in [-0.3, -0.25) is 0 Å². The lowest BCUT2D eigenvalue weighted by atomic mass is 9.88. The van der Waals surface area contributed by atoms with Crippen LogP contribution >= 0.6 is 23.2 Å². The summed E-state index contributed by atoms with van der Waals surface area (Å²) in [7, 11) is 0. The van der Waals surface area contributed by atoms with Crippen LogP contribution in [0.5, 0.6) is 17.6 Å². The van der Waals surface area contributed by atoms with Crippen LogP contribution in [0.15, 0.2) is 214 Å². The van der Waals surface area contributed by atoms with Gasteiger partial charge in [-0.25, -0.2) is 74.8 Å². The molecular weight excluding hydrogens is 1650 g/mol. The molecule has 5 aromatic carbocycles. The van der Waals surface area contributed by atoms with E-state index in [4.69, 9.17) is 57.6 Å². The Labute approximate surface area is 756 Å². The van der Waals surface area contributed by atoms with Crippen molar-refractivity contribution >= 4 is 107 Å². The van der Waals surface area contributed by atoms with Gasteiger partial charge in [-0.05, 0) is 207 Å². The van der Waals surface area contributed by atoms with E-state index in [1.54, 1.807) is 43.8 Å². The van der Waals surface area contributed by atoms with Gasteiger partial charge in [0.2, 0.25) is 17.6 Å². The number of ether oxygens (including phenoxy) is 5. The summed E-state index contributed by atoms with van der Waals surface area (Å²) in [4.78, 5) is 66.4. The zero-order valence-corrected chi connectivity index (χ0v) is 74.0. The highest BCUT2D eigenvalue weighted by atomic mass is 35.5. The maximum absolute atomic E-state index is 6.02. The predicted octanol–water partition coefficient (Wildman–Crippen LogP) is 21.0. The lowest BCUT2D eigenvalue weighted by Gasteiger charge is -2.27. The van der Waals surface area contributed by atoms with Crippen molar-refractivity contribution in [2.45, 2.75) is 172 Å². The molecule has 28 heteroatoms. The molecule has 10 aromatic heterocycles. The molecule has 26 nitrogen and oxygen atoms in total. The third-order valence-electron chi connectivity index (χ3n) is 23.5. The number of nitrogens with one attached hydrogen (secondary N) is 5. The van der Waals surface area contributed by atoms with Crippen LogP contribution in [0.3, 0.4) is 0 Å². The van der Waals surface area contributed by atoms with Gasteiger partial charge in [0.05, 0.1) is 84.2 Å². The lowest BCUT2D eigenvalue weighted by molar-refractivity contribution is 0.0991. The molecule has 0 radical (unpaired) electrons. The fourth-order valence-corrected chi connectivity index (χ4v) is 17.6. The molecule has 20 rings (SSSR count). The third-order valence-corrected chi connectivity index (χ3v) is 23.9. The number of halogens is 2. The van der Waals surface area contributed by atoms with E-state index in [-0.39, 0.29) is 30.2 Å². The fourth-order valence-electron chi connectivity index (χ4n) is 17.3. The molecule has 0 fully saturated rings. The molecule has 10 heterocycles. The van der Waals surface area contributed by atoms with Crippen LogP contribution in [0, 0.1) is 0 Å². The average molecular weight is 1760 g/mol. The quantitative estimate of drug-likeness (QED) is 0.0196. The van der Waals surface area contributed by atoms with Gasteiger partial charge in [0.15, 0.2) is 29.1 Å². The van der Waals surface area contributed by atoms with Gasteiger partial charge in [0, 0.05) is 31.4 Å². The van der Waals surface area contributed by atoms with Crippen LogP contribution in [0.25, 0.3) is 55.2 Å². The second-order valence-electron chi connectivity index (χ2n) is 32.2. The summed E-state index contributed by atoms with van der Waals surface area (Å²) in [5, 5.41) is 18.8. The normalized spacial score (nSPS) is 16.4. The molecule has 0 bridgehead atoms. The summed E-state index contributed by atoms with van der Waals surface area (Å²) in [6, 6.07) is 62.8. The van der Waals surface area contributed by atoms with E-state index < -0.39 is 0 Å². The average Bonchev–Trinajstić information content (AvgIpc) is 0.793. The molecule has 5 aliphatic rings. The molecule has 0 aliphatic heterocycles. The van der Waals surface area contributed by atoms with E-state index >= 15 is 0 Å². The molecule has 15 aromatic rings. The number of hydrogen-bond acceptors (Lipinski definition) is 26. The predicted molar refractivity (Wildman–Crippen MR) is 507 cm³/mol. The number of benzene rings is 5.